The van der Waals surface area contributed by atoms with Gasteiger partial charge in [0.1, 0.15) is 0 Å². The summed E-state index contributed by atoms with van der Waals surface area (Å²) in [6.45, 7) is 0. The second kappa shape index (κ2) is 6.26. The number of carbonyl (C=O) groups excluding carboxylic acids is 1. The summed E-state index contributed by atoms with van der Waals surface area (Å²) in [5.74, 6) is 0.345. The molecule has 3 aromatic rings. The van der Waals surface area contributed by atoms with Crippen LogP contribution in [-0.4, -0.2) is 23.0 Å². The molecule has 0 unspecified atom stereocenters. The van der Waals surface area contributed by atoms with E-state index in [9.17, 15) is 4.79 Å². The summed E-state index contributed by atoms with van der Waals surface area (Å²) in [6, 6.07) is 15.9. The van der Waals surface area contributed by atoms with Crippen molar-refractivity contribution < 1.29 is 4.79 Å². The number of thioether (sulfide) groups is 1. The number of hydrogen-bond acceptors (Lipinski definition) is 4. The van der Waals surface area contributed by atoms with Gasteiger partial charge in [0, 0.05) is 16.3 Å². The van der Waals surface area contributed by atoms with Gasteiger partial charge >= 0.3 is 0 Å². The molecule has 4 nitrogen and oxygen atoms in total. The molecule has 0 radical (unpaired) electrons. The zero-order chi connectivity index (χ0) is 16.5. The number of nitrogens with one attached hydrogen (secondary N) is 1. The highest BCUT2D eigenvalue weighted by atomic mass is 35.5. The second-order valence-corrected chi connectivity index (χ2v) is 6.65. The first-order valence-corrected chi connectivity index (χ1v) is 8.73. The van der Waals surface area contributed by atoms with Crippen LogP contribution in [0.1, 0.15) is 5.56 Å². The van der Waals surface area contributed by atoms with Crippen LogP contribution < -0.4 is 5.32 Å². The first kappa shape index (κ1) is 15.2. The van der Waals surface area contributed by atoms with Crippen LogP contribution in [0.2, 0.25) is 5.02 Å². The molecule has 1 N–H and O–H groups in total. The Morgan fingerprint density at radius 1 is 1.00 bits per heavy atom. The highest BCUT2D eigenvalue weighted by Gasteiger charge is 2.16. The van der Waals surface area contributed by atoms with Gasteiger partial charge in [-0.25, -0.2) is 0 Å². The minimum absolute atomic E-state index is 0.0451. The summed E-state index contributed by atoms with van der Waals surface area (Å²) in [4.78, 5) is 11.2. The van der Waals surface area contributed by atoms with Crippen molar-refractivity contribution in [1.29, 1.82) is 0 Å². The molecule has 24 heavy (non-hydrogen) atoms. The number of hydrogen-bond donors (Lipinski definition) is 1. The van der Waals surface area contributed by atoms with Crippen molar-refractivity contribution in [3.8, 4) is 0 Å². The van der Waals surface area contributed by atoms with Crippen molar-refractivity contribution in [1.82, 2.24) is 5.32 Å². The monoisotopic (exact) mass is 353 g/mol. The van der Waals surface area contributed by atoms with Crippen LogP contribution in [0.15, 0.2) is 58.7 Å². The number of benzene rings is 3. The van der Waals surface area contributed by atoms with Gasteiger partial charge in [-0.1, -0.05) is 71.9 Å². The molecule has 1 saturated heterocycles. The maximum Gasteiger partial charge on any atom is 0.236 e. The summed E-state index contributed by atoms with van der Waals surface area (Å²) in [5.41, 5.74) is 0.962. The molecule has 1 fully saturated rings. The van der Waals surface area contributed by atoms with E-state index in [2.05, 4.69) is 15.5 Å². The number of amides is 1. The smallest absolute Gasteiger partial charge is 0.236 e. The van der Waals surface area contributed by atoms with Gasteiger partial charge in [-0.2, -0.15) is 5.10 Å². The summed E-state index contributed by atoms with van der Waals surface area (Å²) in [6.07, 6.45) is 1.72. The molecule has 3 aromatic carbocycles. The number of rotatable bonds is 2. The lowest BCUT2D eigenvalue weighted by Gasteiger charge is -2.10. The molecular formula is C18H12ClN3OS. The first-order chi connectivity index (χ1) is 11.7. The number of fused-ring (bicyclic) bond motifs is 2. The summed E-state index contributed by atoms with van der Waals surface area (Å²) in [5, 5.41) is 16.2. The van der Waals surface area contributed by atoms with E-state index in [0.29, 0.717) is 10.9 Å². The number of halogens is 1. The summed E-state index contributed by atoms with van der Waals surface area (Å²) in [7, 11) is 0. The molecule has 0 saturated carbocycles. The van der Waals surface area contributed by atoms with Crippen LogP contribution in [0.5, 0.6) is 0 Å². The third-order valence-electron chi connectivity index (χ3n) is 3.83. The minimum Gasteiger partial charge on any atom is -0.303 e. The lowest BCUT2D eigenvalue weighted by molar-refractivity contribution is -0.116. The molecule has 1 aliphatic heterocycles. The number of carbonyl (C=O) groups is 1. The Labute approximate surface area is 147 Å². The van der Waals surface area contributed by atoms with Crippen LogP contribution in [0.3, 0.4) is 0 Å². The van der Waals surface area contributed by atoms with Gasteiger partial charge in [0.2, 0.25) is 5.91 Å². The summed E-state index contributed by atoms with van der Waals surface area (Å²) >= 11 is 7.93. The van der Waals surface area contributed by atoms with Gasteiger partial charge in [-0.3, -0.25) is 4.79 Å². The van der Waals surface area contributed by atoms with E-state index < -0.39 is 0 Å². The molecular weight excluding hydrogens is 342 g/mol. The van der Waals surface area contributed by atoms with Crippen molar-refractivity contribution in [2.45, 2.75) is 0 Å². The fourth-order valence-corrected chi connectivity index (χ4v) is 3.73. The summed E-state index contributed by atoms with van der Waals surface area (Å²) < 4.78 is 0. The van der Waals surface area contributed by atoms with Gasteiger partial charge in [-0.05, 0) is 10.8 Å². The predicted molar refractivity (Wildman–Crippen MR) is 102 cm³/mol. The first-order valence-electron chi connectivity index (χ1n) is 7.36. The Morgan fingerprint density at radius 3 is 2.12 bits per heavy atom. The molecule has 6 heteroatoms. The van der Waals surface area contributed by atoms with E-state index in [-0.39, 0.29) is 5.91 Å². The van der Waals surface area contributed by atoms with E-state index in [1.165, 1.54) is 11.8 Å². The van der Waals surface area contributed by atoms with Crippen molar-refractivity contribution in [3.05, 3.63) is 59.1 Å². The van der Waals surface area contributed by atoms with Gasteiger partial charge in [-0.15, -0.1) is 5.10 Å². The topological polar surface area (TPSA) is 53.8 Å². The van der Waals surface area contributed by atoms with E-state index in [0.717, 1.165) is 32.1 Å². The van der Waals surface area contributed by atoms with Gasteiger partial charge in [0.25, 0.3) is 0 Å². The standard InChI is InChI=1S/C18H12ClN3OS/c19-17-13-7-3-1-5-11(13)15(12-6-2-4-8-14(12)17)9-20-22-18-21-16(23)10-24-18/h1-9H,10H2,(H,21,22,23). The fourth-order valence-electron chi connectivity index (χ4n) is 2.77. The van der Waals surface area contributed by atoms with Crippen molar-refractivity contribution in [2.24, 2.45) is 10.2 Å². The molecule has 1 amide bonds. The third-order valence-corrected chi connectivity index (χ3v) is 5.10. The molecule has 1 heterocycles. The Kier molecular flexibility index (Phi) is 3.96. The molecule has 0 aromatic heterocycles. The van der Waals surface area contributed by atoms with Crippen LogP contribution in [0, 0.1) is 0 Å². The van der Waals surface area contributed by atoms with E-state index in [4.69, 9.17) is 11.6 Å². The Bertz CT molecular complexity index is 972. The normalized spacial score (nSPS) is 16.5. The maximum atomic E-state index is 11.2. The zero-order valence-corrected chi connectivity index (χ0v) is 14.1. The van der Waals surface area contributed by atoms with Gasteiger partial charge in [0.05, 0.1) is 17.0 Å². The Balaban J connectivity index is 1.89. The van der Waals surface area contributed by atoms with Crippen molar-refractivity contribution >= 4 is 62.2 Å². The van der Waals surface area contributed by atoms with Crippen LogP contribution in [-0.2, 0) is 4.79 Å². The molecule has 0 spiro atoms. The Morgan fingerprint density at radius 2 is 1.58 bits per heavy atom. The highest BCUT2D eigenvalue weighted by molar-refractivity contribution is 8.15. The molecule has 0 aliphatic carbocycles. The van der Waals surface area contributed by atoms with Crippen LogP contribution in [0.4, 0.5) is 0 Å². The van der Waals surface area contributed by atoms with Crippen LogP contribution in [0.25, 0.3) is 21.5 Å². The van der Waals surface area contributed by atoms with E-state index in [1.54, 1.807) is 6.21 Å². The highest BCUT2D eigenvalue weighted by Crippen LogP contribution is 2.35. The fraction of sp³-hybridized carbons (Fsp3) is 0.0556. The Hall–Kier alpha value is -2.37. The molecule has 4 rings (SSSR count). The predicted octanol–water partition coefficient (Wildman–Crippen LogP) is 4.20. The lowest BCUT2D eigenvalue weighted by Crippen LogP contribution is -2.19. The largest absolute Gasteiger partial charge is 0.303 e. The second-order valence-electron chi connectivity index (χ2n) is 5.31. The SMILES string of the molecule is O=C1CSC(=NN=Cc2c3ccccc3c(Cl)c3ccccc23)N1. The average molecular weight is 354 g/mol. The lowest BCUT2D eigenvalue weighted by atomic mass is 9.97. The van der Waals surface area contributed by atoms with E-state index in [1.807, 2.05) is 48.5 Å². The van der Waals surface area contributed by atoms with Gasteiger partial charge < -0.3 is 5.32 Å². The maximum absolute atomic E-state index is 11.2. The average Bonchev–Trinajstić information content (AvgIpc) is 3.03. The molecule has 118 valence electrons. The van der Waals surface area contributed by atoms with Gasteiger partial charge in [0.15, 0.2) is 5.17 Å². The minimum atomic E-state index is -0.0451. The number of nitrogens with zero attached hydrogens (tertiary/aromatic N) is 2. The van der Waals surface area contributed by atoms with Crippen molar-refractivity contribution in [2.75, 3.05) is 5.75 Å². The van der Waals surface area contributed by atoms with Crippen molar-refractivity contribution in [3.63, 3.8) is 0 Å². The quantitative estimate of drug-likeness (QED) is 0.426. The molecule has 0 bridgehead atoms. The zero-order valence-electron chi connectivity index (χ0n) is 12.5. The van der Waals surface area contributed by atoms with Crippen LogP contribution >= 0.6 is 23.4 Å². The molecule has 0 atom stereocenters. The molecule has 1 aliphatic rings. The third kappa shape index (κ3) is 2.66. The number of amidine groups is 1. The van der Waals surface area contributed by atoms with E-state index >= 15 is 0 Å².